The molecule has 21 heavy (non-hydrogen) atoms. The van der Waals surface area contributed by atoms with Crippen molar-refractivity contribution in [1.82, 2.24) is 4.90 Å². The fraction of sp³-hybridized carbons (Fsp3) is 0.846. The molecule has 0 aliphatic rings. The lowest BCUT2D eigenvalue weighted by Crippen LogP contribution is -2.37. The lowest BCUT2D eigenvalue weighted by molar-refractivity contribution is -0.157. The molecular weight excluding hydrogens is 297 g/mol. The molecule has 0 aromatic rings. The summed E-state index contributed by atoms with van der Waals surface area (Å²) < 4.78 is 27.4. The Labute approximate surface area is 126 Å². The van der Waals surface area contributed by atoms with Crippen molar-refractivity contribution in [3.63, 3.8) is 0 Å². The highest BCUT2D eigenvalue weighted by Crippen LogP contribution is 2.47. The zero-order chi connectivity index (χ0) is 16.7. The molecule has 0 saturated heterocycles. The summed E-state index contributed by atoms with van der Waals surface area (Å²) >= 11 is 0. The van der Waals surface area contributed by atoms with E-state index < -0.39 is 31.2 Å². The maximum atomic E-state index is 12.2. The lowest BCUT2D eigenvalue weighted by Gasteiger charge is -2.23. The number of hydrogen-bond acceptors (Lipinski definition) is 6. The Balaban J connectivity index is 4.56. The summed E-state index contributed by atoms with van der Waals surface area (Å²) in [4.78, 5) is 24.8. The van der Waals surface area contributed by atoms with E-state index in [0.717, 1.165) is 4.90 Å². The van der Waals surface area contributed by atoms with Crippen molar-refractivity contribution < 1.29 is 27.9 Å². The number of esters is 1. The van der Waals surface area contributed by atoms with Crippen LogP contribution in [0.2, 0.25) is 0 Å². The molecule has 0 aliphatic carbocycles. The van der Waals surface area contributed by atoms with Crippen molar-refractivity contribution >= 4 is 19.5 Å². The van der Waals surface area contributed by atoms with Crippen molar-refractivity contribution in [2.45, 2.75) is 40.2 Å². The largest absolute Gasteiger partial charge is 0.459 e. The van der Waals surface area contributed by atoms with Gasteiger partial charge in [0.05, 0.1) is 13.2 Å². The van der Waals surface area contributed by atoms with Gasteiger partial charge in [-0.1, -0.05) is 0 Å². The number of nitrogens with zero attached hydrogens (tertiary/aromatic N) is 1. The van der Waals surface area contributed by atoms with E-state index >= 15 is 0 Å². The Morgan fingerprint density at radius 2 is 1.57 bits per heavy atom. The van der Waals surface area contributed by atoms with Gasteiger partial charge in [-0.2, -0.15) is 0 Å². The monoisotopic (exact) mass is 323 g/mol. The lowest BCUT2D eigenvalue weighted by atomic mass is 10.2. The van der Waals surface area contributed by atoms with E-state index in [1.165, 1.54) is 7.05 Å². The van der Waals surface area contributed by atoms with Gasteiger partial charge in [0, 0.05) is 7.05 Å². The minimum absolute atomic E-state index is 0.181. The summed E-state index contributed by atoms with van der Waals surface area (Å²) in [5.74, 6) is -1.02. The molecule has 124 valence electrons. The topological polar surface area (TPSA) is 82.1 Å². The average molecular weight is 323 g/mol. The standard InChI is InChI=1S/C13H26NO6P/c1-7-18-21(17,19-8-2)10-11(15)14(6)9-12(16)20-13(3,4)5/h7-10H2,1-6H3. The fourth-order valence-electron chi connectivity index (χ4n) is 1.46. The minimum atomic E-state index is -3.46. The van der Waals surface area contributed by atoms with Crippen LogP contribution in [0.1, 0.15) is 34.6 Å². The zero-order valence-electron chi connectivity index (χ0n) is 13.7. The van der Waals surface area contributed by atoms with Crippen LogP contribution < -0.4 is 0 Å². The van der Waals surface area contributed by atoms with Gasteiger partial charge in [0.1, 0.15) is 18.3 Å². The number of likely N-dealkylation sites (N-methyl/N-ethyl adjacent to an activating group) is 1. The first kappa shape index (κ1) is 20.1. The van der Waals surface area contributed by atoms with Gasteiger partial charge in [0.25, 0.3) is 0 Å². The molecule has 1 amide bonds. The van der Waals surface area contributed by atoms with Crippen LogP contribution in [-0.2, 0) is 27.9 Å². The average Bonchev–Trinajstić information content (AvgIpc) is 2.26. The van der Waals surface area contributed by atoms with E-state index in [0.29, 0.717) is 0 Å². The van der Waals surface area contributed by atoms with Gasteiger partial charge in [-0.25, -0.2) is 0 Å². The summed E-state index contributed by atoms with van der Waals surface area (Å²) in [6.45, 7) is 8.71. The molecule has 0 atom stereocenters. The molecule has 0 fully saturated rings. The van der Waals surface area contributed by atoms with E-state index in [-0.39, 0.29) is 19.8 Å². The highest BCUT2D eigenvalue weighted by Gasteiger charge is 2.30. The van der Waals surface area contributed by atoms with Crippen molar-refractivity contribution in [2.75, 3.05) is 33.0 Å². The summed E-state index contributed by atoms with van der Waals surface area (Å²) in [6.07, 6.45) is -0.395. The van der Waals surface area contributed by atoms with Crippen molar-refractivity contribution in [1.29, 1.82) is 0 Å². The van der Waals surface area contributed by atoms with Crippen molar-refractivity contribution in [3.8, 4) is 0 Å². The Morgan fingerprint density at radius 1 is 1.10 bits per heavy atom. The third-order valence-corrected chi connectivity index (χ3v) is 4.15. The molecule has 0 saturated carbocycles. The molecule has 0 aromatic heterocycles. The third-order valence-electron chi connectivity index (χ3n) is 2.19. The van der Waals surface area contributed by atoms with Crippen LogP contribution in [-0.4, -0.2) is 55.3 Å². The number of carbonyl (C=O) groups excluding carboxylic acids is 2. The van der Waals surface area contributed by atoms with E-state index in [1.807, 2.05) is 0 Å². The van der Waals surface area contributed by atoms with Crippen molar-refractivity contribution in [2.24, 2.45) is 0 Å². The van der Waals surface area contributed by atoms with Crippen molar-refractivity contribution in [3.05, 3.63) is 0 Å². The first-order valence-electron chi connectivity index (χ1n) is 6.87. The Bertz CT molecular complexity index is 394. The molecule has 0 bridgehead atoms. The predicted octanol–water partition coefficient (Wildman–Crippen LogP) is 2.05. The summed E-state index contributed by atoms with van der Waals surface area (Å²) in [6, 6.07) is 0. The van der Waals surface area contributed by atoms with E-state index in [2.05, 4.69) is 0 Å². The molecule has 7 nitrogen and oxygen atoms in total. The molecule has 0 aromatic carbocycles. The molecule has 0 radical (unpaired) electrons. The van der Waals surface area contributed by atoms with E-state index in [1.54, 1.807) is 34.6 Å². The van der Waals surface area contributed by atoms with Crippen LogP contribution in [0.5, 0.6) is 0 Å². The number of hydrogen-bond donors (Lipinski definition) is 0. The minimum Gasteiger partial charge on any atom is -0.459 e. The normalized spacial score (nSPS) is 12.1. The fourth-order valence-corrected chi connectivity index (χ4v) is 3.08. The van der Waals surface area contributed by atoms with Crippen LogP contribution in [0, 0.1) is 0 Å². The highest BCUT2D eigenvalue weighted by atomic mass is 31.2. The van der Waals surface area contributed by atoms with Gasteiger partial charge in [-0.15, -0.1) is 0 Å². The second-order valence-electron chi connectivity index (χ2n) is 5.44. The number of carbonyl (C=O) groups is 2. The summed E-state index contributed by atoms with van der Waals surface area (Å²) in [5.41, 5.74) is -0.618. The SMILES string of the molecule is CCOP(=O)(CC(=O)N(C)CC(=O)OC(C)(C)C)OCC. The quantitative estimate of drug-likeness (QED) is 0.502. The van der Waals surface area contributed by atoms with Gasteiger partial charge >= 0.3 is 13.6 Å². The number of amides is 1. The molecular formula is C13H26NO6P. The maximum absolute atomic E-state index is 12.2. The molecule has 0 unspecified atom stereocenters. The van der Waals surface area contributed by atoms with Gasteiger partial charge < -0.3 is 18.7 Å². The van der Waals surface area contributed by atoms with Crippen LogP contribution in [0.15, 0.2) is 0 Å². The molecule has 8 heteroatoms. The first-order chi connectivity index (χ1) is 9.53. The molecule has 0 heterocycles. The molecule has 0 aliphatic heterocycles. The predicted molar refractivity (Wildman–Crippen MR) is 79.2 cm³/mol. The van der Waals surface area contributed by atoms with E-state index in [4.69, 9.17) is 13.8 Å². The first-order valence-corrected chi connectivity index (χ1v) is 8.59. The molecule has 0 spiro atoms. The summed E-state index contributed by atoms with van der Waals surface area (Å²) in [5, 5.41) is 0. The Hall–Kier alpha value is -0.910. The van der Waals surface area contributed by atoms with Crippen LogP contribution in [0.3, 0.4) is 0 Å². The van der Waals surface area contributed by atoms with Crippen LogP contribution in [0.4, 0.5) is 0 Å². The van der Waals surface area contributed by atoms with E-state index in [9.17, 15) is 14.2 Å². The summed E-state index contributed by atoms with van der Waals surface area (Å²) in [7, 11) is -2.02. The van der Waals surface area contributed by atoms with Crippen LogP contribution in [0.25, 0.3) is 0 Å². The highest BCUT2D eigenvalue weighted by molar-refractivity contribution is 7.54. The zero-order valence-corrected chi connectivity index (χ0v) is 14.6. The van der Waals surface area contributed by atoms with Gasteiger partial charge in [0.15, 0.2) is 0 Å². The third kappa shape index (κ3) is 8.86. The molecule has 0 rings (SSSR count). The number of rotatable bonds is 8. The smallest absolute Gasteiger partial charge is 0.340 e. The Morgan fingerprint density at radius 3 is 1.95 bits per heavy atom. The van der Waals surface area contributed by atoms with Gasteiger partial charge in [-0.3, -0.25) is 14.2 Å². The maximum Gasteiger partial charge on any atom is 0.340 e. The second-order valence-corrected chi connectivity index (χ2v) is 7.50. The Kier molecular flexibility index (Phi) is 8.14. The molecule has 0 N–H and O–H groups in total. The van der Waals surface area contributed by atoms with Gasteiger partial charge in [-0.05, 0) is 34.6 Å². The van der Waals surface area contributed by atoms with Gasteiger partial charge in [0.2, 0.25) is 5.91 Å². The second kappa shape index (κ2) is 8.51. The van der Waals surface area contributed by atoms with Crippen LogP contribution >= 0.6 is 7.60 Å². The number of ether oxygens (including phenoxy) is 1.